The molecule has 0 bridgehead atoms. The van der Waals surface area contributed by atoms with E-state index in [1.54, 1.807) is 7.11 Å². The molecule has 5 rings (SSSR count). The molecule has 1 fully saturated rings. The molecule has 3 atom stereocenters. The number of fused-ring (bicyclic) bond motifs is 1. The Morgan fingerprint density at radius 1 is 1.00 bits per heavy atom. The van der Waals surface area contributed by atoms with Crippen molar-refractivity contribution in [3.8, 4) is 17.2 Å². The Bertz CT molecular complexity index is 1450. The number of aliphatic carboxylic acids is 1. The molecular formula is C34H40N2O7. The van der Waals surface area contributed by atoms with Crippen LogP contribution in [0.25, 0.3) is 0 Å². The van der Waals surface area contributed by atoms with Gasteiger partial charge in [0.2, 0.25) is 12.7 Å². The Morgan fingerprint density at radius 3 is 2.42 bits per heavy atom. The van der Waals surface area contributed by atoms with Crippen LogP contribution in [0.5, 0.6) is 17.2 Å². The molecular weight excluding hydrogens is 548 g/mol. The van der Waals surface area contributed by atoms with Gasteiger partial charge in [-0.25, -0.2) is 0 Å². The number of likely N-dealkylation sites (tertiary alicyclic amines) is 1. The van der Waals surface area contributed by atoms with E-state index in [9.17, 15) is 14.7 Å². The zero-order valence-corrected chi connectivity index (χ0v) is 25.2. The molecule has 3 aromatic carbocycles. The topological polar surface area (TPSA) is 107 Å². The summed E-state index contributed by atoms with van der Waals surface area (Å²) < 4.78 is 22.3. The van der Waals surface area contributed by atoms with Gasteiger partial charge in [-0.2, -0.15) is 0 Å². The second-order valence-electron chi connectivity index (χ2n) is 11.1. The predicted molar refractivity (Wildman–Crippen MR) is 163 cm³/mol. The molecule has 1 amide bonds. The summed E-state index contributed by atoms with van der Waals surface area (Å²) in [5.74, 6) is -0.585. The van der Waals surface area contributed by atoms with Gasteiger partial charge in [0, 0.05) is 30.8 Å². The molecule has 2 heterocycles. The Morgan fingerprint density at radius 2 is 1.72 bits per heavy atom. The summed E-state index contributed by atoms with van der Waals surface area (Å²) >= 11 is 0. The van der Waals surface area contributed by atoms with Crippen LogP contribution < -0.4 is 19.5 Å². The number of carbonyl (C=O) groups is 2. The van der Waals surface area contributed by atoms with Crippen molar-refractivity contribution in [2.24, 2.45) is 5.92 Å². The highest BCUT2D eigenvalue weighted by molar-refractivity contribution is 5.94. The van der Waals surface area contributed by atoms with Crippen molar-refractivity contribution < 1.29 is 33.6 Å². The highest BCUT2D eigenvalue weighted by Crippen LogP contribution is 2.49. The first kappa shape index (κ1) is 30.4. The minimum absolute atomic E-state index is 0.0160. The number of carbonyl (C=O) groups excluding carboxylic acids is 1. The number of anilines is 1. The second-order valence-corrected chi connectivity index (χ2v) is 11.1. The van der Waals surface area contributed by atoms with Crippen LogP contribution in [0.3, 0.4) is 0 Å². The lowest BCUT2D eigenvalue weighted by Gasteiger charge is -2.28. The highest BCUT2D eigenvalue weighted by atomic mass is 16.7. The third-order valence-corrected chi connectivity index (χ3v) is 8.31. The molecule has 0 aliphatic carbocycles. The lowest BCUT2D eigenvalue weighted by atomic mass is 9.82. The minimum Gasteiger partial charge on any atom is -0.491 e. The molecule has 9 heteroatoms. The molecule has 9 nitrogen and oxygen atoms in total. The lowest BCUT2D eigenvalue weighted by Crippen LogP contribution is -2.35. The summed E-state index contributed by atoms with van der Waals surface area (Å²) in [5.41, 5.74) is 5.72. The van der Waals surface area contributed by atoms with Crippen LogP contribution >= 0.6 is 0 Å². The number of carboxylic acid groups (broad SMARTS) is 1. The van der Waals surface area contributed by atoms with Crippen molar-refractivity contribution in [2.45, 2.75) is 45.6 Å². The Kier molecular flexibility index (Phi) is 9.52. The molecule has 0 aromatic heterocycles. The number of benzene rings is 3. The van der Waals surface area contributed by atoms with Crippen LogP contribution in [0.15, 0.2) is 54.6 Å². The Hall–Kier alpha value is -4.08. The first-order valence-electron chi connectivity index (χ1n) is 14.8. The van der Waals surface area contributed by atoms with Crippen LogP contribution in [0.1, 0.15) is 53.6 Å². The number of para-hydroxylation sites is 1. The van der Waals surface area contributed by atoms with Crippen molar-refractivity contribution in [2.75, 3.05) is 45.5 Å². The quantitative estimate of drug-likeness (QED) is 0.273. The fourth-order valence-corrected chi connectivity index (χ4v) is 6.36. The van der Waals surface area contributed by atoms with Gasteiger partial charge < -0.3 is 29.4 Å². The summed E-state index contributed by atoms with van der Waals surface area (Å²) in [5, 5.41) is 13.9. The van der Waals surface area contributed by atoms with Gasteiger partial charge >= 0.3 is 5.97 Å². The van der Waals surface area contributed by atoms with Crippen molar-refractivity contribution >= 4 is 17.6 Å². The molecule has 0 radical (unpaired) electrons. The van der Waals surface area contributed by atoms with E-state index in [1.807, 2.05) is 47.4 Å². The maximum absolute atomic E-state index is 13.8. The van der Waals surface area contributed by atoms with Gasteiger partial charge in [-0.1, -0.05) is 55.8 Å². The smallest absolute Gasteiger partial charge is 0.309 e. The molecule has 43 heavy (non-hydrogen) atoms. The number of ether oxygens (including phenoxy) is 4. The van der Waals surface area contributed by atoms with E-state index in [1.165, 1.54) is 0 Å². The maximum atomic E-state index is 13.8. The average Bonchev–Trinajstić information content (AvgIpc) is 3.62. The van der Waals surface area contributed by atoms with Gasteiger partial charge in [-0.05, 0) is 54.7 Å². The number of hydrogen-bond acceptors (Lipinski definition) is 7. The van der Waals surface area contributed by atoms with Crippen LogP contribution in [0.2, 0.25) is 0 Å². The van der Waals surface area contributed by atoms with Crippen molar-refractivity contribution in [3.63, 3.8) is 0 Å². The fourth-order valence-electron chi connectivity index (χ4n) is 6.36. The minimum atomic E-state index is -0.942. The van der Waals surface area contributed by atoms with Crippen LogP contribution in [-0.4, -0.2) is 62.1 Å². The third-order valence-electron chi connectivity index (χ3n) is 8.31. The largest absolute Gasteiger partial charge is 0.491 e. The molecule has 228 valence electrons. The highest BCUT2D eigenvalue weighted by Gasteiger charge is 2.49. The van der Waals surface area contributed by atoms with E-state index in [2.05, 4.69) is 38.2 Å². The lowest BCUT2D eigenvalue weighted by molar-refractivity contribution is -0.143. The van der Waals surface area contributed by atoms with E-state index >= 15 is 0 Å². The Labute approximate surface area is 252 Å². The summed E-state index contributed by atoms with van der Waals surface area (Å²) in [6, 6.07) is 16.6. The zero-order valence-electron chi connectivity index (χ0n) is 25.2. The van der Waals surface area contributed by atoms with E-state index in [-0.39, 0.29) is 19.2 Å². The average molecular weight is 589 g/mol. The fraction of sp³-hybridized carbons (Fsp3) is 0.412. The van der Waals surface area contributed by atoms with Gasteiger partial charge in [-0.3, -0.25) is 14.5 Å². The molecule has 3 aromatic rings. The van der Waals surface area contributed by atoms with Crippen LogP contribution in [0.4, 0.5) is 5.69 Å². The third kappa shape index (κ3) is 6.48. The van der Waals surface area contributed by atoms with Crippen molar-refractivity contribution in [1.29, 1.82) is 0 Å². The molecule has 2 N–H and O–H groups in total. The normalized spacial score (nSPS) is 19.4. The van der Waals surface area contributed by atoms with Gasteiger partial charge in [0.25, 0.3) is 0 Å². The number of methoxy groups -OCH3 is 1. The molecule has 0 spiro atoms. The van der Waals surface area contributed by atoms with Gasteiger partial charge in [0.1, 0.15) is 12.4 Å². The second kappa shape index (κ2) is 13.5. The van der Waals surface area contributed by atoms with E-state index in [4.69, 9.17) is 18.9 Å². The number of aryl methyl sites for hydroxylation is 3. The maximum Gasteiger partial charge on any atom is 0.309 e. The Balaban J connectivity index is 1.51. The number of hydrogen-bond donors (Lipinski definition) is 2. The number of nitrogens with zero attached hydrogens (tertiary/aromatic N) is 1. The molecule has 1 saturated heterocycles. The van der Waals surface area contributed by atoms with Gasteiger partial charge in [0.05, 0.1) is 25.1 Å². The summed E-state index contributed by atoms with van der Waals surface area (Å²) in [4.78, 5) is 28.8. The standard InChI is InChI=1S/C34H40N2O7/c1-5-22-15-21(3)16-23(6-2)32(22)35-30(37)19-36-18-26(24-11-12-28-29(17-24)43-20-42-28)31(34(38)39)33(36)25-9-7-8-10-27(25)41-14-13-40-4/h7-12,15-17,26,31,33H,5-6,13-14,18-20H2,1-4H3,(H,35,37)(H,38,39)/t26-,31?,33+/m1/s1. The van der Waals surface area contributed by atoms with E-state index < -0.39 is 23.8 Å². The zero-order chi connectivity index (χ0) is 30.5. The molecule has 2 aliphatic rings. The first-order chi connectivity index (χ1) is 20.8. The summed E-state index contributed by atoms with van der Waals surface area (Å²) in [6.07, 6.45) is 1.58. The monoisotopic (exact) mass is 588 g/mol. The van der Waals surface area contributed by atoms with Crippen molar-refractivity contribution in [1.82, 2.24) is 4.90 Å². The first-order valence-corrected chi connectivity index (χ1v) is 14.8. The number of amides is 1. The van der Waals surface area contributed by atoms with Crippen molar-refractivity contribution in [3.05, 3.63) is 82.4 Å². The summed E-state index contributed by atoms with van der Waals surface area (Å²) in [7, 11) is 1.60. The summed E-state index contributed by atoms with van der Waals surface area (Å²) in [6.45, 7) is 7.43. The number of nitrogens with one attached hydrogen (secondary N) is 1. The number of carboxylic acids is 1. The van der Waals surface area contributed by atoms with E-state index in [0.29, 0.717) is 37.0 Å². The number of rotatable bonds is 12. The predicted octanol–water partition coefficient (Wildman–Crippen LogP) is 5.35. The molecule has 0 saturated carbocycles. The van der Waals surface area contributed by atoms with E-state index in [0.717, 1.165) is 46.3 Å². The van der Waals surface area contributed by atoms with Crippen LogP contribution in [0, 0.1) is 12.8 Å². The van der Waals surface area contributed by atoms with Gasteiger partial charge in [0.15, 0.2) is 11.5 Å². The molecule has 1 unspecified atom stereocenters. The van der Waals surface area contributed by atoms with Crippen LogP contribution in [-0.2, 0) is 27.2 Å². The van der Waals surface area contributed by atoms with Gasteiger partial charge in [-0.15, -0.1) is 0 Å². The SMILES string of the molecule is CCc1cc(C)cc(CC)c1NC(=O)CN1C[C@H](c2ccc3c(c2)OCO3)C(C(=O)O)[C@@H]1c1ccccc1OCCOC. The molecule has 2 aliphatic heterocycles.